The summed E-state index contributed by atoms with van der Waals surface area (Å²) < 4.78 is 37.0. The van der Waals surface area contributed by atoms with Crippen molar-refractivity contribution in [2.24, 2.45) is 5.92 Å². The van der Waals surface area contributed by atoms with Gasteiger partial charge in [-0.2, -0.15) is 13.2 Å². The molecule has 2 atom stereocenters. The predicted molar refractivity (Wildman–Crippen MR) is 59.3 cm³/mol. The van der Waals surface area contributed by atoms with Crippen molar-refractivity contribution in [1.29, 1.82) is 0 Å². The Balaban J connectivity index is 2.87. The van der Waals surface area contributed by atoms with E-state index in [0.717, 1.165) is 24.1 Å². The highest BCUT2D eigenvalue weighted by Gasteiger charge is 2.30. The maximum Gasteiger partial charge on any atom is 0.416 e. The average molecular weight is 230 g/mol. The van der Waals surface area contributed by atoms with E-state index in [2.05, 4.69) is 20.8 Å². The van der Waals surface area contributed by atoms with Crippen molar-refractivity contribution in [2.45, 2.75) is 39.3 Å². The summed E-state index contributed by atoms with van der Waals surface area (Å²) in [5.41, 5.74) is 0.398. The summed E-state index contributed by atoms with van der Waals surface area (Å²) >= 11 is 0. The Hall–Kier alpha value is -0.990. The predicted octanol–water partition coefficient (Wildman–Crippen LogP) is 4.86. The van der Waals surface area contributed by atoms with E-state index in [9.17, 15) is 13.2 Å². The van der Waals surface area contributed by atoms with Gasteiger partial charge in [0.15, 0.2) is 0 Å². The van der Waals surface area contributed by atoms with Gasteiger partial charge in [-0.05, 0) is 29.5 Å². The molecule has 0 aliphatic heterocycles. The molecule has 90 valence electrons. The van der Waals surface area contributed by atoms with Gasteiger partial charge in [0.05, 0.1) is 5.56 Å². The third kappa shape index (κ3) is 3.00. The van der Waals surface area contributed by atoms with E-state index in [1.807, 2.05) is 0 Å². The second-order valence-corrected chi connectivity index (χ2v) is 4.29. The lowest BCUT2D eigenvalue weighted by atomic mass is 9.87. The SMILES string of the molecule is CCC(C)C(C)c1ccc(C(F)(F)F)cc1. The molecular weight excluding hydrogens is 213 g/mol. The minimum absolute atomic E-state index is 0.298. The Bertz CT molecular complexity index is 324. The standard InChI is InChI=1S/C13H17F3/c1-4-9(2)10(3)11-5-7-12(8-6-11)13(14,15)16/h5-10H,4H2,1-3H3. The lowest BCUT2D eigenvalue weighted by Gasteiger charge is -2.19. The maximum atomic E-state index is 12.3. The number of rotatable bonds is 3. The van der Waals surface area contributed by atoms with Crippen LogP contribution in [0.3, 0.4) is 0 Å². The summed E-state index contributed by atoms with van der Waals surface area (Å²) in [6.07, 6.45) is -3.21. The molecule has 0 aromatic heterocycles. The van der Waals surface area contributed by atoms with E-state index < -0.39 is 11.7 Å². The first-order chi connectivity index (χ1) is 7.36. The van der Waals surface area contributed by atoms with E-state index in [1.54, 1.807) is 12.1 Å². The monoisotopic (exact) mass is 230 g/mol. The number of hydrogen-bond acceptors (Lipinski definition) is 0. The number of hydrogen-bond donors (Lipinski definition) is 0. The molecule has 0 saturated heterocycles. The van der Waals surface area contributed by atoms with Crippen LogP contribution in [0.15, 0.2) is 24.3 Å². The Kier molecular flexibility index (Phi) is 4.00. The zero-order chi connectivity index (χ0) is 12.3. The minimum Gasteiger partial charge on any atom is -0.166 e. The number of halogens is 3. The third-order valence-corrected chi connectivity index (χ3v) is 3.26. The Morgan fingerprint density at radius 3 is 1.94 bits per heavy atom. The van der Waals surface area contributed by atoms with Crippen molar-refractivity contribution in [3.05, 3.63) is 35.4 Å². The van der Waals surface area contributed by atoms with E-state index in [1.165, 1.54) is 0 Å². The fourth-order valence-corrected chi connectivity index (χ4v) is 1.66. The van der Waals surface area contributed by atoms with Crippen molar-refractivity contribution in [3.8, 4) is 0 Å². The van der Waals surface area contributed by atoms with Gasteiger partial charge in [0.1, 0.15) is 0 Å². The second kappa shape index (κ2) is 4.89. The second-order valence-electron chi connectivity index (χ2n) is 4.29. The molecule has 3 heteroatoms. The van der Waals surface area contributed by atoms with Gasteiger partial charge in [0.2, 0.25) is 0 Å². The van der Waals surface area contributed by atoms with Crippen molar-refractivity contribution < 1.29 is 13.2 Å². The van der Waals surface area contributed by atoms with Gasteiger partial charge < -0.3 is 0 Å². The molecule has 0 fully saturated rings. The molecule has 0 bridgehead atoms. The molecule has 0 saturated carbocycles. The highest BCUT2D eigenvalue weighted by molar-refractivity contribution is 5.27. The first-order valence-corrected chi connectivity index (χ1v) is 5.53. The van der Waals surface area contributed by atoms with Gasteiger partial charge >= 0.3 is 6.18 Å². The molecule has 1 aromatic carbocycles. The molecule has 0 aliphatic carbocycles. The molecule has 1 rings (SSSR count). The largest absolute Gasteiger partial charge is 0.416 e. The van der Waals surface area contributed by atoms with Crippen LogP contribution in [0.1, 0.15) is 44.2 Å². The molecule has 0 aliphatic rings. The van der Waals surface area contributed by atoms with Crippen molar-refractivity contribution in [1.82, 2.24) is 0 Å². The van der Waals surface area contributed by atoms with Crippen LogP contribution in [0.5, 0.6) is 0 Å². The normalized spacial score (nSPS) is 15.9. The summed E-state index contributed by atoms with van der Waals surface area (Å²) in [6, 6.07) is 5.49. The molecule has 0 heterocycles. The molecule has 0 amide bonds. The molecule has 1 aromatic rings. The molecule has 0 nitrogen and oxygen atoms in total. The topological polar surface area (TPSA) is 0 Å². The highest BCUT2D eigenvalue weighted by Crippen LogP contribution is 2.32. The van der Waals surface area contributed by atoms with E-state index in [4.69, 9.17) is 0 Å². The van der Waals surface area contributed by atoms with Gasteiger partial charge in [0, 0.05) is 0 Å². The van der Waals surface area contributed by atoms with Crippen LogP contribution in [0.2, 0.25) is 0 Å². The van der Waals surface area contributed by atoms with Gasteiger partial charge in [-0.3, -0.25) is 0 Å². The highest BCUT2D eigenvalue weighted by atomic mass is 19.4. The summed E-state index contributed by atoms with van der Waals surface area (Å²) in [5, 5.41) is 0. The summed E-state index contributed by atoms with van der Waals surface area (Å²) in [5.74, 6) is 0.782. The number of benzene rings is 1. The molecule has 2 unspecified atom stereocenters. The number of alkyl halides is 3. The third-order valence-electron chi connectivity index (χ3n) is 3.26. The molecule has 0 radical (unpaired) electrons. The van der Waals surface area contributed by atoms with Crippen LogP contribution in [-0.4, -0.2) is 0 Å². The van der Waals surface area contributed by atoms with E-state index in [0.29, 0.717) is 11.8 Å². The Morgan fingerprint density at radius 1 is 1.06 bits per heavy atom. The zero-order valence-electron chi connectivity index (χ0n) is 9.81. The lowest BCUT2D eigenvalue weighted by Crippen LogP contribution is -2.07. The first kappa shape index (κ1) is 13.1. The Labute approximate surface area is 94.5 Å². The van der Waals surface area contributed by atoms with Gasteiger partial charge in [-0.1, -0.05) is 39.3 Å². The summed E-state index contributed by atoms with van der Waals surface area (Å²) in [7, 11) is 0. The van der Waals surface area contributed by atoms with E-state index >= 15 is 0 Å². The van der Waals surface area contributed by atoms with Crippen LogP contribution >= 0.6 is 0 Å². The maximum absolute atomic E-state index is 12.3. The van der Waals surface area contributed by atoms with Crippen LogP contribution in [0, 0.1) is 5.92 Å². The molecule has 0 spiro atoms. The molecule has 0 N–H and O–H groups in total. The van der Waals surface area contributed by atoms with Gasteiger partial charge in [0.25, 0.3) is 0 Å². The molecular formula is C13H17F3. The van der Waals surface area contributed by atoms with Crippen LogP contribution in [-0.2, 0) is 6.18 Å². The van der Waals surface area contributed by atoms with Gasteiger partial charge in [-0.15, -0.1) is 0 Å². The van der Waals surface area contributed by atoms with Crippen molar-refractivity contribution in [2.75, 3.05) is 0 Å². The lowest BCUT2D eigenvalue weighted by molar-refractivity contribution is -0.137. The van der Waals surface area contributed by atoms with Crippen LogP contribution in [0.25, 0.3) is 0 Å². The fourth-order valence-electron chi connectivity index (χ4n) is 1.66. The smallest absolute Gasteiger partial charge is 0.166 e. The molecule has 16 heavy (non-hydrogen) atoms. The zero-order valence-corrected chi connectivity index (χ0v) is 9.81. The minimum atomic E-state index is -4.24. The van der Waals surface area contributed by atoms with Gasteiger partial charge in [-0.25, -0.2) is 0 Å². The first-order valence-electron chi connectivity index (χ1n) is 5.53. The van der Waals surface area contributed by atoms with Crippen molar-refractivity contribution in [3.63, 3.8) is 0 Å². The van der Waals surface area contributed by atoms with Crippen LogP contribution < -0.4 is 0 Å². The summed E-state index contributed by atoms with van der Waals surface area (Å²) in [6.45, 7) is 6.25. The average Bonchev–Trinajstić information content (AvgIpc) is 2.26. The van der Waals surface area contributed by atoms with E-state index in [-0.39, 0.29) is 0 Å². The van der Waals surface area contributed by atoms with Crippen LogP contribution in [0.4, 0.5) is 13.2 Å². The Morgan fingerprint density at radius 2 is 1.56 bits per heavy atom. The summed E-state index contributed by atoms with van der Waals surface area (Å²) in [4.78, 5) is 0. The fraction of sp³-hybridized carbons (Fsp3) is 0.538. The quantitative estimate of drug-likeness (QED) is 0.696. The van der Waals surface area contributed by atoms with Crippen molar-refractivity contribution >= 4 is 0 Å².